The number of ether oxygens (including phenoxy) is 4. The van der Waals surface area contributed by atoms with Crippen LogP contribution in [0.3, 0.4) is 0 Å². The molecule has 0 spiro atoms. The van der Waals surface area contributed by atoms with Crippen LogP contribution in [0.4, 0.5) is 0 Å². The standard InChI is InChI=1S/C14H16O8/c1-6-11(19-9(4)15)21-13(17)8(3)14(18)22-12(7-2)20-10(5)16/h6-7,11-12H,1-3H2,4-5H3. The summed E-state index contributed by atoms with van der Waals surface area (Å²) >= 11 is 0. The van der Waals surface area contributed by atoms with Crippen LogP contribution >= 0.6 is 0 Å². The molecule has 0 rings (SSSR count). The highest BCUT2D eigenvalue weighted by molar-refractivity contribution is 6.13. The van der Waals surface area contributed by atoms with E-state index < -0.39 is 42.0 Å². The summed E-state index contributed by atoms with van der Waals surface area (Å²) in [7, 11) is 0. The van der Waals surface area contributed by atoms with Gasteiger partial charge >= 0.3 is 23.9 Å². The molecule has 0 aliphatic rings. The molecule has 0 radical (unpaired) electrons. The third-order valence-electron chi connectivity index (χ3n) is 1.89. The fraction of sp³-hybridized carbons (Fsp3) is 0.286. The maximum Gasteiger partial charge on any atom is 0.348 e. The van der Waals surface area contributed by atoms with E-state index in [1.807, 2.05) is 0 Å². The van der Waals surface area contributed by atoms with E-state index in [4.69, 9.17) is 0 Å². The van der Waals surface area contributed by atoms with Gasteiger partial charge in [-0.05, 0) is 12.2 Å². The maximum absolute atomic E-state index is 11.6. The lowest BCUT2D eigenvalue weighted by molar-refractivity contribution is -0.178. The van der Waals surface area contributed by atoms with E-state index in [-0.39, 0.29) is 0 Å². The van der Waals surface area contributed by atoms with E-state index >= 15 is 0 Å². The quantitative estimate of drug-likeness (QED) is 0.162. The van der Waals surface area contributed by atoms with Crippen LogP contribution in [0.5, 0.6) is 0 Å². The summed E-state index contributed by atoms with van der Waals surface area (Å²) in [4.78, 5) is 44.8. The van der Waals surface area contributed by atoms with Crippen LogP contribution in [0.1, 0.15) is 13.8 Å². The minimum absolute atomic E-state index is 0.696. The van der Waals surface area contributed by atoms with Crippen molar-refractivity contribution >= 4 is 23.9 Å². The number of rotatable bonds is 8. The zero-order valence-corrected chi connectivity index (χ0v) is 12.2. The molecule has 0 saturated carbocycles. The van der Waals surface area contributed by atoms with Crippen molar-refractivity contribution < 1.29 is 38.1 Å². The highest BCUT2D eigenvalue weighted by atomic mass is 16.7. The molecule has 0 aliphatic heterocycles. The second-order valence-electron chi connectivity index (χ2n) is 3.72. The number of carbonyl (C=O) groups excluding carboxylic acids is 4. The summed E-state index contributed by atoms with van der Waals surface area (Å²) in [6, 6.07) is 0. The lowest BCUT2D eigenvalue weighted by Crippen LogP contribution is -2.28. The molecule has 0 aromatic heterocycles. The summed E-state index contributed by atoms with van der Waals surface area (Å²) in [6.07, 6.45) is -0.691. The van der Waals surface area contributed by atoms with Crippen LogP contribution in [0.2, 0.25) is 0 Å². The van der Waals surface area contributed by atoms with Crippen LogP contribution in [-0.2, 0) is 38.1 Å². The van der Waals surface area contributed by atoms with Gasteiger partial charge < -0.3 is 18.9 Å². The molecule has 120 valence electrons. The molecule has 0 saturated heterocycles. The van der Waals surface area contributed by atoms with Gasteiger partial charge in [-0.2, -0.15) is 0 Å². The first-order valence-corrected chi connectivity index (χ1v) is 5.91. The molecule has 22 heavy (non-hydrogen) atoms. The van der Waals surface area contributed by atoms with Crippen LogP contribution in [0, 0.1) is 0 Å². The van der Waals surface area contributed by atoms with Crippen molar-refractivity contribution in [2.75, 3.05) is 0 Å². The number of hydrogen-bond acceptors (Lipinski definition) is 8. The van der Waals surface area contributed by atoms with Crippen molar-refractivity contribution in [3.63, 3.8) is 0 Å². The topological polar surface area (TPSA) is 105 Å². The molecular formula is C14H16O8. The summed E-state index contributed by atoms with van der Waals surface area (Å²) in [5.41, 5.74) is -0.696. The van der Waals surface area contributed by atoms with Crippen molar-refractivity contribution in [3.05, 3.63) is 37.5 Å². The SMILES string of the molecule is C=CC(OC(C)=O)OC(=O)C(=C)C(=O)OC(C=C)OC(C)=O. The number of esters is 4. The monoisotopic (exact) mass is 312 g/mol. The molecular weight excluding hydrogens is 296 g/mol. The van der Waals surface area contributed by atoms with Crippen molar-refractivity contribution in [2.45, 2.75) is 26.4 Å². The summed E-state index contributed by atoms with van der Waals surface area (Å²) in [6.45, 7) is 12.0. The van der Waals surface area contributed by atoms with Gasteiger partial charge in [0.05, 0.1) is 0 Å². The van der Waals surface area contributed by atoms with E-state index in [9.17, 15) is 19.2 Å². The van der Waals surface area contributed by atoms with Crippen LogP contribution < -0.4 is 0 Å². The zero-order chi connectivity index (χ0) is 17.3. The smallest absolute Gasteiger partial charge is 0.348 e. The first kappa shape index (κ1) is 19.1. The second-order valence-corrected chi connectivity index (χ2v) is 3.72. The van der Waals surface area contributed by atoms with E-state index in [2.05, 4.69) is 38.7 Å². The molecule has 0 bridgehead atoms. The molecule has 8 nitrogen and oxygen atoms in total. The van der Waals surface area contributed by atoms with E-state index in [1.165, 1.54) is 0 Å². The molecule has 0 amide bonds. The molecule has 2 atom stereocenters. The Morgan fingerprint density at radius 1 is 0.773 bits per heavy atom. The third kappa shape index (κ3) is 7.04. The molecule has 0 aromatic carbocycles. The molecule has 0 fully saturated rings. The minimum atomic E-state index is -1.38. The average molecular weight is 312 g/mol. The van der Waals surface area contributed by atoms with E-state index in [0.717, 1.165) is 26.0 Å². The van der Waals surface area contributed by atoms with E-state index in [0.29, 0.717) is 0 Å². The molecule has 0 N–H and O–H groups in total. The van der Waals surface area contributed by atoms with Crippen LogP contribution in [0.15, 0.2) is 37.5 Å². The van der Waals surface area contributed by atoms with Crippen molar-refractivity contribution in [2.24, 2.45) is 0 Å². The fourth-order valence-electron chi connectivity index (χ4n) is 1.00. The highest BCUT2D eigenvalue weighted by Gasteiger charge is 2.25. The molecule has 8 heteroatoms. The Morgan fingerprint density at radius 2 is 1.09 bits per heavy atom. The van der Waals surface area contributed by atoms with Crippen LogP contribution in [-0.4, -0.2) is 36.5 Å². The Balaban J connectivity index is 4.66. The predicted molar refractivity (Wildman–Crippen MR) is 72.8 cm³/mol. The molecule has 0 aromatic rings. The van der Waals surface area contributed by atoms with Crippen molar-refractivity contribution in [1.82, 2.24) is 0 Å². The first-order valence-electron chi connectivity index (χ1n) is 5.91. The Kier molecular flexibility index (Phi) is 7.91. The zero-order valence-electron chi connectivity index (χ0n) is 12.2. The Bertz CT molecular complexity index is 461. The van der Waals surface area contributed by atoms with Gasteiger partial charge in [-0.1, -0.05) is 19.7 Å². The fourth-order valence-corrected chi connectivity index (χ4v) is 1.00. The summed E-state index contributed by atoms with van der Waals surface area (Å²) < 4.78 is 18.5. The summed E-state index contributed by atoms with van der Waals surface area (Å²) in [5.74, 6) is -3.82. The van der Waals surface area contributed by atoms with Gasteiger partial charge in [0.15, 0.2) is 0 Å². The molecule has 2 unspecified atom stereocenters. The van der Waals surface area contributed by atoms with Gasteiger partial charge in [-0.3, -0.25) is 9.59 Å². The van der Waals surface area contributed by atoms with Gasteiger partial charge in [0.2, 0.25) is 0 Å². The van der Waals surface area contributed by atoms with Crippen molar-refractivity contribution in [3.8, 4) is 0 Å². The van der Waals surface area contributed by atoms with Crippen molar-refractivity contribution in [1.29, 1.82) is 0 Å². The lowest BCUT2D eigenvalue weighted by atomic mass is 10.3. The van der Waals surface area contributed by atoms with Gasteiger partial charge in [0.1, 0.15) is 5.57 Å². The molecule has 0 aliphatic carbocycles. The van der Waals surface area contributed by atoms with Crippen LogP contribution in [0.25, 0.3) is 0 Å². The van der Waals surface area contributed by atoms with Gasteiger partial charge in [-0.15, -0.1) is 0 Å². The largest absolute Gasteiger partial charge is 0.421 e. The summed E-state index contributed by atoms with van der Waals surface area (Å²) in [5, 5.41) is 0. The first-order chi connectivity index (χ1) is 10.2. The normalized spacial score (nSPS) is 12.1. The number of hydrogen-bond donors (Lipinski definition) is 0. The van der Waals surface area contributed by atoms with E-state index in [1.54, 1.807) is 0 Å². The van der Waals surface area contributed by atoms with Gasteiger partial charge in [0.25, 0.3) is 12.6 Å². The second kappa shape index (κ2) is 9.11. The van der Waals surface area contributed by atoms with Gasteiger partial charge in [-0.25, -0.2) is 9.59 Å². The molecule has 0 heterocycles. The Labute approximate surface area is 127 Å². The predicted octanol–water partition coefficient (Wildman–Crippen LogP) is 0.779. The Hall–Kier alpha value is -2.90. The minimum Gasteiger partial charge on any atom is -0.421 e. The third-order valence-corrected chi connectivity index (χ3v) is 1.89. The maximum atomic E-state index is 11.6. The average Bonchev–Trinajstić information content (AvgIpc) is 2.43. The highest BCUT2D eigenvalue weighted by Crippen LogP contribution is 2.07. The number of carbonyl (C=O) groups is 4. The lowest BCUT2D eigenvalue weighted by Gasteiger charge is -2.16. The Morgan fingerprint density at radius 3 is 1.32 bits per heavy atom. The van der Waals surface area contributed by atoms with Gasteiger partial charge in [0, 0.05) is 13.8 Å².